The van der Waals surface area contributed by atoms with Crippen molar-refractivity contribution in [1.82, 2.24) is 0 Å². The third kappa shape index (κ3) is 5.97. The van der Waals surface area contributed by atoms with Crippen molar-refractivity contribution in [3.8, 4) is 0 Å². The van der Waals surface area contributed by atoms with Crippen LogP contribution in [0.25, 0.3) is 0 Å². The van der Waals surface area contributed by atoms with Gasteiger partial charge < -0.3 is 9.47 Å². The van der Waals surface area contributed by atoms with Crippen LogP contribution in [0.3, 0.4) is 0 Å². The first kappa shape index (κ1) is 28.2. The molecule has 0 saturated heterocycles. The van der Waals surface area contributed by atoms with Crippen molar-refractivity contribution in [3.63, 3.8) is 0 Å². The Morgan fingerprint density at radius 2 is 1.17 bits per heavy atom. The van der Waals surface area contributed by atoms with Gasteiger partial charge in [0, 0.05) is 0 Å². The van der Waals surface area contributed by atoms with Crippen LogP contribution in [0.2, 0.25) is 0 Å². The van der Waals surface area contributed by atoms with Gasteiger partial charge in [-0.3, -0.25) is 0 Å². The zero-order valence-corrected chi connectivity index (χ0v) is 19.6. The molecule has 35 heavy (non-hydrogen) atoms. The minimum atomic E-state index is -5.90. The molecule has 0 amide bonds. The fourth-order valence-electron chi connectivity index (χ4n) is 3.44. The average Bonchev–Trinajstić information content (AvgIpc) is 2.75. The normalized spacial score (nSPS) is 12.7. The van der Waals surface area contributed by atoms with Gasteiger partial charge in [-0.25, -0.2) is 9.59 Å². The van der Waals surface area contributed by atoms with Gasteiger partial charge in [0.2, 0.25) is 5.41 Å². The standard InChI is InChI=1S/C25H26F6O4/c1-15(2)13-34-21(32)17-9-11-18(12-10-17)23(24(26,27)28,25(29,30)31)20-8-6-5-7-19(20)22(33)35-14-16(3)4/h5-12,15-16H,13-14H2,1-4H3. The summed E-state index contributed by atoms with van der Waals surface area (Å²) < 4.78 is 97.0. The van der Waals surface area contributed by atoms with E-state index in [1.165, 1.54) is 0 Å². The van der Waals surface area contributed by atoms with Crippen molar-refractivity contribution >= 4 is 11.9 Å². The molecule has 0 saturated carbocycles. The van der Waals surface area contributed by atoms with Crippen molar-refractivity contribution in [2.75, 3.05) is 13.2 Å². The minimum absolute atomic E-state index is 0.0201. The molecule has 192 valence electrons. The number of rotatable bonds is 8. The lowest BCUT2D eigenvalue weighted by Gasteiger charge is -2.39. The monoisotopic (exact) mass is 504 g/mol. The SMILES string of the molecule is CC(C)COC(=O)c1ccc(C(c2ccccc2C(=O)OCC(C)C)(C(F)(F)F)C(F)(F)F)cc1. The molecule has 0 aliphatic carbocycles. The first-order valence-electron chi connectivity index (χ1n) is 10.8. The topological polar surface area (TPSA) is 52.6 Å². The zero-order valence-electron chi connectivity index (χ0n) is 19.6. The lowest BCUT2D eigenvalue weighted by molar-refractivity contribution is -0.288. The summed E-state index contributed by atoms with van der Waals surface area (Å²) in [5.74, 6) is -2.40. The molecule has 10 heteroatoms. The van der Waals surface area contributed by atoms with Crippen LogP contribution in [0.1, 0.15) is 59.5 Å². The van der Waals surface area contributed by atoms with Gasteiger partial charge in [-0.1, -0.05) is 58.0 Å². The average molecular weight is 504 g/mol. The van der Waals surface area contributed by atoms with Crippen LogP contribution in [-0.4, -0.2) is 37.5 Å². The van der Waals surface area contributed by atoms with Crippen LogP contribution >= 0.6 is 0 Å². The van der Waals surface area contributed by atoms with Crippen LogP contribution in [-0.2, 0) is 14.9 Å². The molecule has 4 nitrogen and oxygen atoms in total. The van der Waals surface area contributed by atoms with Crippen LogP contribution in [0, 0.1) is 11.8 Å². The summed E-state index contributed by atoms with van der Waals surface area (Å²) in [6, 6.07) is 6.43. The summed E-state index contributed by atoms with van der Waals surface area (Å²) in [6.45, 7) is 6.71. The Balaban J connectivity index is 2.72. The molecule has 2 rings (SSSR count). The maximum Gasteiger partial charge on any atom is 0.411 e. The molecule has 0 N–H and O–H groups in total. The third-order valence-corrected chi connectivity index (χ3v) is 5.05. The summed E-state index contributed by atoms with van der Waals surface area (Å²) in [4.78, 5) is 24.7. The van der Waals surface area contributed by atoms with Crippen LogP contribution in [0.15, 0.2) is 48.5 Å². The molecule has 2 aromatic carbocycles. The second-order valence-corrected chi connectivity index (χ2v) is 8.85. The number of halogens is 6. The number of ether oxygens (including phenoxy) is 2. The Morgan fingerprint density at radius 3 is 1.63 bits per heavy atom. The maximum atomic E-state index is 14.5. The smallest absolute Gasteiger partial charge is 0.411 e. The van der Waals surface area contributed by atoms with Crippen molar-refractivity contribution in [3.05, 3.63) is 70.8 Å². The molecule has 0 aromatic heterocycles. The second kappa shape index (κ2) is 10.7. The maximum absolute atomic E-state index is 14.5. The highest BCUT2D eigenvalue weighted by molar-refractivity contribution is 5.92. The first-order valence-corrected chi connectivity index (χ1v) is 10.8. The molecule has 0 atom stereocenters. The minimum Gasteiger partial charge on any atom is -0.462 e. The largest absolute Gasteiger partial charge is 0.462 e. The van der Waals surface area contributed by atoms with E-state index in [-0.39, 0.29) is 30.6 Å². The molecule has 0 heterocycles. The molecular weight excluding hydrogens is 478 g/mol. The highest BCUT2D eigenvalue weighted by atomic mass is 19.4. The number of carbonyl (C=O) groups excluding carboxylic acids is 2. The summed E-state index contributed by atoms with van der Waals surface area (Å²) in [6.07, 6.45) is -11.8. The Hall–Kier alpha value is -3.04. The molecule has 0 fully saturated rings. The van der Waals surface area contributed by atoms with Gasteiger partial charge in [0.05, 0.1) is 24.3 Å². The number of hydrogen-bond acceptors (Lipinski definition) is 4. The Bertz CT molecular complexity index is 1010. The Labute approximate surface area is 199 Å². The van der Waals surface area contributed by atoms with Gasteiger partial charge in [-0.15, -0.1) is 0 Å². The molecule has 2 aromatic rings. The summed E-state index contributed by atoms with van der Waals surface area (Å²) >= 11 is 0. The quantitative estimate of drug-likeness (QED) is 0.296. The third-order valence-electron chi connectivity index (χ3n) is 5.05. The highest BCUT2D eigenvalue weighted by Crippen LogP contribution is 2.57. The van der Waals surface area contributed by atoms with E-state index in [1.807, 2.05) is 0 Å². The van der Waals surface area contributed by atoms with Gasteiger partial charge in [0.1, 0.15) is 0 Å². The van der Waals surface area contributed by atoms with E-state index < -0.39 is 46.4 Å². The van der Waals surface area contributed by atoms with Crippen LogP contribution < -0.4 is 0 Å². The van der Waals surface area contributed by atoms with Crippen LogP contribution in [0.4, 0.5) is 26.3 Å². The molecule has 0 aliphatic rings. The summed E-state index contributed by atoms with van der Waals surface area (Å²) in [5.41, 5.74) is -8.15. The fraction of sp³-hybridized carbons (Fsp3) is 0.440. The second-order valence-electron chi connectivity index (χ2n) is 8.85. The van der Waals surface area contributed by atoms with Gasteiger partial charge in [0.25, 0.3) is 0 Å². The summed E-state index contributed by atoms with van der Waals surface area (Å²) in [7, 11) is 0. The molecule has 0 aliphatic heterocycles. The number of carbonyl (C=O) groups is 2. The van der Waals surface area contributed by atoms with E-state index in [1.54, 1.807) is 27.7 Å². The number of benzene rings is 2. The number of esters is 2. The van der Waals surface area contributed by atoms with Gasteiger partial charge in [0.15, 0.2) is 0 Å². The van der Waals surface area contributed by atoms with Crippen LogP contribution in [0.5, 0.6) is 0 Å². The molecule has 0 spiro atoms. The number of hydrogen-bond donors (Lipinski definition) is 0. The predicted molar refractivity (Wildman–Crippen MR) is 116 cm³/mol. The van der Waals surface area contributed by atoms with E-state index in [9.17, 15) is 35.9 Å². The van der Waals surface area contributed by atoms with Gasteiger partial charge in [-0.05, 0) is 41.2 Å². The van der Waals surface area contributed by atoms with E-state index in [2.05, 4.69) is 0 Å². The summed E-state index contributed by atoms with van der Waals surface area (Å²) in [5, 5.41) is 0. The van der Waals surface area contributed by atoms with Gasteiger partial charge >= 0.3 is 24.3 Å². The predicted octanol–water partition coefficient (Wildman–Crippen LogP) is 6.72. The lowest BCUT2D eigenvalue weighted by atomic mass is 9.71. The lowest BCUT2D eigenvalue weighted by Crippen LogP contribution is -2.55. The van der Waals surface area contributed by atoms with E-state index >= 15 is 0 Å². The van der Waals surface area contributed by atoms with E-state index in [4.69, 9.17) is 9.47 Å². The molecule has 0 radical (unpaired) electrons. The van der Waals surface area contributed by atoms with Crippen molar-refractivity contribution in [2.24, 2.45) is 11.8 Å². The number of alkyl halides is 6. The Kier molecular flexibility index (Phi) is 8.62. The molecule has 0 bridgehead atoms. The Morgan fingerprint density at radius 1 is 0.714 bits per heavy atom. The zero-order chi connectivity index (χ0) is 26.6. The molecule has 0 unspecified atom stereocenters. The van der Waals surface area contributed by atoms with E-state index in [0.717, 1.165) is 30.3 Å². The van der Waals surface area contributed by atoms with Crippen molar-refractivity contribution in [1.29, 1.82) is 0 Å². The fourth-order valence-corrected chi connectivity index (χ4v) is 3.44. The van der Waals surface area contributed by atoms with E-state index in [0.29, 0.717) is 18.2 Å². The van der Waals surface area contributed by atoms with Crippen molar-refractivity contribution in [2.45, 2.75) is 45.5 Å². The molecular formula is C25H26F6O4. The first-order chi connectivity index (χ1) is 16.1. The van der Waals surface area contributed by atoms with Crippen molar-refractivity contribution < 1.29 is 45.4 Å². The highest BCUT2D eigenvalue weighted by Gasteiger charge is 2.73. The van der Waals surface area contributed by atoms with Gasteiger partial charge in [-0.2, -0.15) is 26.3 Å².